The first-order valence-corrected chi connectivity index (χ1v) is 7.40. The van der Waals surface area contributed by atoms with Crippen LogP contribution in [0.4, 0.5) is 0 Å². The van der Waals surface area contributed by atoms with E-state index in [2.05, 4.69) is 34.7 Å². The molecule has 2 rings (SSSR count). The van der Waals surface area contributed by atoms with E-state index in [9.17, 15) is 4.79 Å². The molecule has 1 aliphatic rings. The molecule has 20 heavy (non-hydrogen) atoms. The van der Waals surface area contributed by atoms with E-state index in [1.165, 1.54) is 0 Å². The number of hydrogen-bond donors (Lipinski definition) is 2. The number of aromatic nitrogens is 2. The first-order chi connectivity index (χ1) is 9.52. The Morgan fingerprint density at radius 1 is 1.45 bits per heavy atom. The van der Waals surface area contributed by atoms with Crippen molar-refractivity contribution < 1.29 is 4.79 Å². The van der Waals surface area contributed by atoms with Gasteiger partial charge in [-0.05, 0) is 45.2 Å². The molecule has 2 N–H and O–H groups in total. The minimum absolute atomic E-state index is 0.0350. The Bertz CT molecular complexity index is 479. The van der Waals surface area contributed by atoms with Crippen LogP contribution in [0.2, 0.25) is 0 Å². The second-order valence-electron chi connectivity index (χ2n) is 5.71. The molecule has 1 aromatic heterocycles. The maximum Gasteiger partial charge on any atom is 0.253 e. The highest BCUT2D eigenvalue weighted by atomic mass is 16.1. The molecule has 5 heteroatoms. The van der Waals surface area contributed by atoms with E-state index in [4.69, 9.17) is 0 Å². The Balaban J connectivity index is 2.17. The summed E-state index contributed by atoms with van der Waals surface area (Å²) in [6.07, 6.45) is 1.80. The highest BCUT2D eigenvalue weighted by Crippen LogP contribution is 2.17. The van der Waals surface area contributed by atoms with Gasteiger partial charge in [-0.25, -0.2) is 0 Å². The molecule has 1 amide bonds. The van der Waals surface area contributed by atoms with Crippen molar-refractivity contribution >= 4 is 5.91 Å². The maximum absolute atomic E-state index is 12.5. The number of nitrogens with one attached hydrogen (secondary N) is 2. The van der Waals surface area contributed by atoms with Crippen LogP contribution in [-0.4, -0.2) is 34.7 Å². The third-order valence-corrected chi connectivity index (χ3v) is 4.09. The lowest BCUT2D eigenvalue weighted by molar-refractivity contribution is 0.0896. The van der Waals surface area contributed by atoms with Gasteiger partial charge in [-0.1, -0.05) is 13.8 Å². The van der Waals surface area contributed by atoms with Crippen molar-refractivity contribution in [2.45, 2.75) is 52.6 Å². The van der Waals surface area contributed by atoms with Gasteiger partial charge in [-0.3, -0.25) is 4.79 Å². The third-order valence-electron chi connectivity index (χ3n) is 4.09. The highest BCUT2D eigenvalue weighted by Gasteiger charge is 2.29. The van der Waals surface area contributed by atoms with E-state index >= 15 is 0 Å². The second-order valence-corrected chi connectivity index (χ2v) is 5.71. The van der Waals surface area contributed by atoms with Crippen molar-refractivity contribution in [2.75, 3.05) is 6.54 Å². The van der Waals surface area contributed by atoms with Crippen LogP contribution < -0.4 is 10.6 Å². The molecule has 1 aliphatic heterocycles. The van der Waals surface area contributed by atoms with E-state index < -0.39 is 0 Å². The number of nitrogens with zero attached hydrogens (tertiary/aromatic N) is 2. The monoisotopic (exact) mass is 276 g/mol. The lowest BCUT2D eigenvalue weighted by atomic mass is 9.89. The Kier molecular flexibility index (Phi) is 4.70. The predicted octanol–water partition coefficient (Wildman–Crippen LogP) is 1.46. The summed E-state index contributed by atoms with van der Waals surface area (Å²) in [6, 6.07) is 2.28. The third kappa shape index (κ3) is 3.15. The fraction of sp³-hybridized carbons (Fsp3) is 0.667. The van der Waals surface area contributed by atoms with Crippen molar-refractivity contribution in [1.82, 2.24) is 20.8 Å². The zero-order valence-electron chi connectivity index (χ0n) is 12.7. The van der Waals surface area contributed by atoms with Gasteiger partial charge in [0.05, 0.1) is 17.0 Å². The zero-order chi connectivity index (χ0) is 14.7. The minimum atomic E-state index is -0.0350. The zero-order valence-corrected chi connectivity index (χ0v) is 12.7. The molecule has 1 saturated heterocycles. The maximum atomic E-state index is 12.5. The largest absolute Gasteiger partial charge is 0.347 e. The summed E-state index contributed by atoms with van der Waals surface area (Å²) in [4.78, 5) is 12.5. The lowest BCUT2D eigenvalue weighted by Crippen LogP contribution is -2.56. The van der Waals surface area contributed by atoms with E-state index in [0.717, 1.165) is 24.4 Å². The molecule has 0 bridgehead atoms. The molecular weight excluding hydrogens is 252 g/mol. The predicted molar refractivity (Wildman–Crippen MR) is 78.6 cm³/mol. The van der Waals surface area contributed by atoms with Crippen molar-refractivity contribution in [3.8, 4) is 0 Å². The van der Waals surface area contributed by atoms with Gasteiger partial charge in [-0.15, -0.1) is 0 Å². The van der Waals surface area contributed by atoms with Crippen LogP contribution in [0.3, 0.4) is 0 Å². The van der Waals surface area contributed by atoms with Gasteiger partial charge in [-0.2, -0.15) is 10.2 Å². The molecule has 1 aromatic rings. The van der Waals surface area contributed by atoms with Crippen molar-refractivity contribution in [3.63, 3.8) is 0 Å². The standard InChI is InChI=1S/C15H24N4O/c1-5-13-12(8-10(3)18-19-13)15(20)17-14-9(2)6-7-16-11(14)4/h8-9,11,14,16H,5-7H2,1-4H3,(H,17,20). The molecule has 0 spiro atoms. The van der Waals surface area contributed by atoms with Crippen LogP contribution in [0.1, 0.15) is 48.9 Å². The highest BCUT2D eigenvalue weighted by molar-refractivity contribution is 5.95. The van der Waals surface area contributed by atoms with Gasteiger partial charge in [0.15, 0.2) is 0 Å². The molecule has 5 nitrogen and oxygen atoms in total. The summed E-state index contributed by atoms with van der Waals surface area (Å²) < 4.78 is 0. The van der Waals surface area contributed by atoms with E-state index in [1.54, 1.807) is 0 Å². The van der Waals surface area contributed by atoms with Crippen LogP contribution >= 0.6 is 0 Å². The Hall–Kier alpha value is -1.49. The van der Waals surface area contributed by atoms with Gasteiger partial charge in [0.1, 0.15) is 0 Å². The first-order valence-electron chi connectivity index (χ1n) is 7.40. The van der Waals surface area contributed by atoms with Gasteiger partial charge in [0.25, 0.3) is 5.91 Å². The van der Waals surface area contributed by atoms with Gasteiger partial charge in [0, 0.05) is 12.1 Å². The minimum Gasteiger partial charge on any atom is -0.347 e. The summed E-state index contributed by atoms with van der Waals surface area (Å²) in [7, 11) is 0. The summed E-state index contributed by atoms with van der Waals surface area (Å²) in [6.45, 7) is 9.18. The molecule has 3 atom stereocenters. The Morgan fingerprint density at radius 3 is 2.85 bits per heavy atom. The molecule has 0 radical (unpaired) electrons. The van der Waals surface area contributed by atoms with Crippen LogP contribution in [0.5, 0.6) is 0 Å². The SMILES string of the molecule is CCc1nnc(C)cc1C(=O)NC1C(C)CCNC1C. The fourth-order valence-corrected chi connectivity index (χ4v) is 2.81. The van der Waals surface area contributed by atoms with Crippen LogP contribution in [0.15, 0.2) is 6.07 Å². The number of amides is 1. The number of hydrogen-bond acceptors (Lipinski definition) is 4. The topological polar surface area (TPSA) is 66.9 Å². The van der Waals surface area contributed by atoms with E-state index in [0.29, 0.717) is 23.9 Å². The molecule has 1 fully saturated rings. The number of rotatable bonds is 3. The number of aryl methyl sites for hydroxylation is 2. The molecule has 0 aromatic carbocycles. The summed E-state index contributed by atoms with van der Waals surface area (Å²) in [5, 5.41) is 14.7. The molecular formula is C15H24N4O. The van der Waals surface area contributed by atoms with Crippen molar-refractivity contribution in [3.05, 3.63) is 23.0 Å². The van der Waals surface area contributed by atoms with Gasteiger partial charge >= 0.3 is 0 Å². The summed E-state index contributed by atoms with van der Waals surface area (Å²) in [5.74, 6) is 0.448. The molecule has 110 valence electrons. The quantitative estimate of drug-likeness (QED) is 0.877. The number of carbonyl (C=O) groups is 1. The van der Waals surface area contributed by atoms with Gasteiger partial charge in [0.2, 0.25) is 0 Å². The van der Waals surface area contributed by atoms with Crippen molar-refractivity contribution in [2.24, 2.45) is 5.92 Å². The lowest BCUT2D eigenvalue weighted by Gasteiger charge is -2.36. The van der Waals surface area contributed by atoms with Crippen LogP contribution in [-0.2, 0) is 6.42 Å². The number of carbonyl (C=O) groups excluding carboxylic acids is 1. The molecule has 3 unspecified atom stereocenters. The molecule has 0 aliphatic carbocycles. The fourth-order valence-electron chi connectivity index (χ4n) is 2.81. The molecule has 0 saturated carbocycles. The second kappa shape index (κ2) is 6.31. The first kappa shape index (κ1) is 14.9. The van der Waals surface area contributed by atoms with Crippen LogP contribution in [0.25, 0.3) is 0 Å². The van der Waals surface area contributed by atoms with E-state index in [1.807, 2.05) is 19.9 Å². The summed E-state index contributed by atoms with van der Waals surface area (Å²) >= 11 is 0. The van der Waals surface area contributed by atoms with Gasteiger partial charge < -0.3 is 10.6 Å². The normalized spacial score (nSPS) is 26.3. The Labute approximate surface area is 120 Å². The average molecular weight is 276 g/mol. The van der Waals surface area contributed by atoms with E-state index in [-0.39, 0.29) is 11.9 Å². The Morgan fingerprint density at radius 2 is 2.20 bits per heavy atom. The van der Waals surface area contributed by atoms with Crippen molar-refractivity contribution in [1.29, 1.82) is 0 Å². The summed E-state index contributed by atoms with van der Waals surface area (Å²) in [5.41, 5.74) is 2.19. The molecule has 2 heterocycles. The number of piperidine rings is 1. The van der Waals surface area contributed by atoms with Crippen LogP contribution in [0, 0.1) is 12.8 Å². The average Bonchev–Trinajstić information content (AvgIpc) is 2.43. The smallest absolute Gasteiger partial charge is 0.253 e.